The highest BCUT2D eigenvalue weighted by molar-refractivity contribution is 5.81. The van der Waals surface area contributed by atoms with E-state index in [1.54, 1.807) is 12.1 Å². The number of benzene rings is 1. The van der Waals surface area contributed by atoms with Crippen molar-refractivity contribution in [1.82, 2.24) is 5.32 Å². The molecule has 1 aromatic rings. The van der Waals surface area contributed by atoms with E-state index < -0.39 is 5.97 Å². The van der Waals surface area contributed by atoms with Gasteiger partial charge in [-0.2, -0.15) is 0 Å². The number of carbonyl (C=O) groups is 2. The molecule has 1 fully saturated rings. The van der Waals surface area contributed by atoms with Gasteiger partial charge in [-0.05, 0) is 30.4 Å². The van der Waals surface area contributed by atoms with Gasteiger partial charge >= 0.3 is 5.97 Å². The van der Waals surface area contributed by atoms with E-state index >= 15 is 0 Å². The van der Waals surface area contributed by atoms with Crippen LogP contribution >= 0.6 is 0 Å². The van der Waals surface area contributed by atoms with E-state index in [-0.39, 0.29) is 25.2 Å². The first-order valence-corrected chi connectivity index (χ1v) is 8.19. The maximum absolute atomic E-state index is 11.9. The molecule has 0 aromatic heterocycles. The highest BCUT2D eigenvalue weighted by Gasteiger charge is 2.28. The van der Waals surface area contributed by atoms with Gasteiger partial charge in [0.1, 0.15) is 5.75 Å². The summed E-state index contributed by atoms with van der Waals surface area (Å²) in [6.07, 6.45) is 3.32. The Balaban J connectivity index is 1.66. The average Bonchev–Trinajstić information content (AvgIpc) is 2.56. The van der Waals surface area contributed by atoms with Gasteiger partial charge in [0.25, 0.3) is 5.91 Å². The molecule has 23 heavy (non-hydrogen) atoms. The van der Waals surface area contributed by atoms with Crippen LogP contribution in [0.5, 0.6) is 5.75 Å². The second kappa shape index (κ2) is 8.56. The molecule has 0 unspecified atom stereocenters. The molecule has 5 nitrogen and oxygen atoms in total. The number of carbonyl (C=O) groups excluding carboxylic acids is 2. The standard InChI is InChI=1S/C18H25NO4/c1-13-7-6-10-16(14(13)2)19-17(20)11-23-18(21)12-22-15-8-4-3-5-9-15/h3-5,8-9,13-14,16H,6-7,10-12H2,1-2H3,(H,19,20)/t13-,14+,16-/m0/s1. The molecule has 0 bridgehead atoms. The molecular formula is C18H25NO4. The fourth-order valence-corrected chi connectivity index (χ4v) is 2.88. The number of ether oxygens (including phenoxy) is 2. The van der Waals surface area contributed by atoms with Crippen molar-refractivity contribution in [3.05, 3.63) is 30.3 Å². The second-order valence-electron chi connectivity index (χ2n) is 6.20. The summed E-state index contributed by atoms with van der Waals surface area (Å²) >= 11 is 0. The summed E-state index contributed by atoms with van der Waals surface area (Å²) in [6.45, 7) is 3.92. The van der Waals surface area contributed by atoms with Gasteiger partial charge in [0.15, 0.2) is 13.2 Å². The molecule has 3 atom stereocenters. The van der Waals surface area contributed by atoms with E-state index in [2.05, 4.69) is 19.2 Å². The lowest BCUT2D eigenvalue weighted by Gasteiger charge is -2.34. The van der Waals surface area contributed by atoms with Crippen LogP contribution in [0.2, 0.25) is 0 Å². The second-order valence-corrected chi connectivity index (χ2v) is 6.20. The number of hydrogen-bond acceptors (Lipinski definition) is 4. The minimum atomic E-state index is -0.547. The SMILES string of the molecule is C[C@H]1[C@@H](NC(=O)COC(=O)COc2ccccc2)CCC[C@@H]1C. The molecule has 2 rings (SSSR count). The van der Waals surface area contributed by atoms with E-state index in [1.807, 2.05) is 18.2 Å². The van der Waals surface area contributed by atoms with Gasteiger partial charge in [-0.15, -0.1) is 0 Å². The highest BCUT2D eigenvalue weighted by Crippen LogP contribution is 2.29. The Morgan fingerprint density at radius 3 is 2.61 bits per heavy atom. The smallest absolute Gasteiger partial charge is 0.344 e. The van der Waals surface area contributed by atoms with E-state index in [0.29, 0.717) is 17.6 Å². The maximum atomic E-state index is 11.9. The Bertz CT molecular complexity index is 517. The summed E-state index contributed by atoms with van der Waals surface area (Å²) in [6, 6.07) is 9.19. The van der Waals surface area contributed by atoms with Gasteiger partial charge in [-0.1, -0.05) is 44.9 Å². The number of nitrogens with one attached hydrogen (secondary N) is 1. The van der Waals surface area contributed by atoms with Crippen LogP contribution in [0.1, 0.15) is 33.1 Å². The summed E-state index contributed by atoms with van der Waals surface area (Å²) in [7, 11) is 0. The largest absolute Gasteiger partial charge is 0.482 e. The molecular weight excluding hydrogens is 294 g/mol. The monoisotopic (exact) mass is 319 g/mol. The molecule has 0 aliphatic heterocycles. The lowest BCUT2D eigenvalue weighted by Crippen LogP contribution is -2.45. The van der Waals surface area contributed by atoms with Gasteiger partial charge in [0.05, 0.1) is 0 Å². The van der Waals surface area contributed by atoms with Gasteiger partial charge < -0.3 is 14.8 Å². The van der Waals surface area contributed by atoms with Gasteiger partial charge in [0.2, 0.25) is 0 Å². The lowest BCUT2D eigenvalue weighted by atomic mass is 9.78. The summed E-state index contributed by atoms with van der Waals surface area (Å²) in [5, 5.41) is 2.97. The quantitative estimate of drug-likeness (QED) is 0.819. The van der Waals surface area contributed by atoms with E-state index in [1.165, 1.54) is 6.42 Å². The minimum absolute atomic E-state index is 0.172. The lowest BCUT2D eigenvalue weighted by molar-refractivity contribution is -0.150. The zero-order valence-corrected chi connectivity index (χ0v) is 13.8. The van der Waals surface area contributed by atoms with Crippen molar-refractivity contribution in [1.29, 1.82) is 0 Å². The number of esters is 1. The number of rotatable bonds is 6. The van der Waals surface area contributed by atoms with Crippen molar-refractivity contribution in [3.63, 3.8) is 0 Å². The Hall–Kier alpha value is -2.04. The van der Waals surface area contributed by atoms with Crippen molar-refractivity contribution in [3.8, 4) is 5.75 Å². The van der Waals surface area contributed by atoms with Crippen LogP contribution in [-0.2, 0) is 14.3 Å². The van der Waals surface area contributed by atoms with Gasteiger partial charge in [-0.3, -0.25) is 4.79 Å². The molecule has 0 spiro atoms. The molecule has 0 heterocycles. The first-order chi connectivity index (χ1) is 11.1. The molecule has 126 valence electrons. The maximum Gasteiger partial charge on any atom is 0.344 e. The third-order valence-electron chi connectivity index (χ3n) is 4.52. The highest BCUT2D eigenvalue weighted by atomic mass is 16.6. The Morgan fingerprint density at radius 1 is 1.13 bits per heavy atom. The third kappa shape index (κ3) is 5.58. The van der Waals surface area contributed by atoms with Crippen LogP contribution in [0.4, 0.5) is 0 Å². The molecule has 0 radical (unpaired) electrons. The van der Waals surface area contributed by atoms with Crippen LogP contribution in [0.3, 0.4) is 0 Å². The predicted molar refractivity (Wildman–Crippen MR) is 87.0 cm³/mol. The van der Waals surface area contributed by atoms with E-state index in [0.717, 1.165) is 12.8 Å². The molecule has 1 aliphatic carbocycles. The Labute approximate surface area is 137 Å². The van der Waals surface area contributed by atoms with E-state index in [9.17, 15) is 9.59 Å². The fourth-order valence-electron chi connectivity index (χ4n) is 2.88. The number of amides is 1. The summed E-state index contributed by atoms with van der Waals surface area (Å²) < 4.78 is 10.2. The van der Waals surface area contributed by atoms with Crippen LogP contribution in [0.25, 0.3) is 0 Å². The molecule has 1 amide bonds. The molecule has 0 saturated heterocycles. The van der Waals surface area contributed by atoms with Crippen molar-refractivity contribution >= 4 is 11.9 Å². The summed E-state index contributed by atoms with van der Waals surface area (Å²) in [5.41, 5.74) is 0. The molecule has 1 aliphatic rings. The van der Waals surface area contributed by atoms with Crippen LogP contribution in [0.15, 0.2) is 30.3 Å². The van der Waals surface area contributed by atoms with Crippen molar-refractivity contribution in [2.45, 2.75) is 39.2 Å². The van der Waals surface area contributed by atoms with Crippen molar-refractivity contribution in [2.24, 2.45) is 11.8 Å². The first-order valence-electron chi connectivity index (χ1n) is 8.19. The first kappa shape index (κ1) is 17.3. The van der Waals surface area contributed by atoms with Crippen LogP contribution < -0.4 is 10.1 Å². The average molecular weight is 319 g/mol. The third-order valence-corrected chi connectivity index (χ3v) is 4.52. The molecule has 5 heteroatoms. The fraction of sp³-hybridized carbons (Fsp3) is 0.556. The van der Waals surface area contributed by atoms with Crippen LogP contribution in [0, 0.1) is 11.8 Å². The Kier molecular flexibility index (Phi) is 6.44. The molecule has 1 N–H and O–H groups in total. The number of para-hydroxylation sites is 1. The van der Waals surface area contributed by atoms with Gasteiger partial charge in [0, 0.05) is 6.04 Å². The normalized spacial score (nSPS) is 23.8. The van der Waals surface area contributed by atoms with Crippen molar-refractivity contribution in [2.75, 3.05) is 13.2 Å². The van der Waals surface area contributed by atoms with Crippen LogP contribution in [-0.4, -0.2) is 31.1 Å². The van der Waals surface area contributed by atoms with Crippen molar-refractivity contribution < 1.29 is 19.1 Å². The zero-order valence-electron chi connectivity index (χ0n) is 13.8. The number of hydrogen-bond donors (Lipinski definition) is 1. The molecule has 1 saturated carbocycles. The Morgan fingerprint density at radius 2 is 1.87 bits per heavy atom. The topological polar surface area (TPSA) is 64.6 Å². The van der Waals surface area contributed by atoms with Gasteiger partial charge in [-0.25, -0.2) is 4.79 Å². The minimum Gasteiger partial charge on any atom is -0.482 e. The summed E-state index contributed by atoms with van der Waals surface area (Å²) in [5.74, 6) is 0.859. The predicted octanol–water partition coefficient (Wildman–Crippen LogP) is 2.55. The zero-order chi connectivity index (χ0) is 16.7. The summed E-state index contributed by atoms with van der Waals surface area (Å²) in [4.78, 5) is 23.5. The molecule has 1 aromatic carbocycles. The van der Waals surface area contributed by atoms with E-state index in [4.69, 9.17) is 9.47 Å².